The Morgan fingerprint density at radius 3 is 2.78 bits per heavy atom. The maximum absolute atomic E-state index is 13.2. The molecule has 1 aliphatic carbocycles. The summed E-state index contributed by atoms with van der Waals surface area (Å²) < 4.78 is 11.3. The average molecular weight is 365 g/mol. The summed E-state index contributed by atoms with van der Waals surface area (Å²) in [6.45, 7) is 1.92. The minimum absolute atomic E-state index is 0.0636. The van der Waals surface area contributed by atoms with E-state index in [4.69, 9.17) is 9.47 Å². The largest absolute Gasteiger partial charge is 0.486 e. The molecule has 1 aromatic carbocycles. The SMILES string of the molecule is O=C(c1ccnc(NC2CC2)c1)N1CCCC1c1ccc2c(c1)OCCO2. The summed E-state index contributed by atoms with van der Waals surface area (Å²) in [5.74, 6) is 2.41. The van der Waals surface area contributed by atoms with Crippen LogP contribution in [0.4, 0.5) is 5.82 Å². The number of benzene rings is 1. The number of carbonyl (C=O) groups is 1. The minimum Gasteiger partial charge on any atom is -0.486 e. The molecule has 1 saturated heterocycles. The van der Waals surface area contributed by atoms with Gasteiger partial charge in [0.05, 0.1) is 6.04 Å². The van der Waals surface area contributed by atoms with Gasteiger partial charge >= 0.3 is 0 Å². The highest BCUT2D eigenvalue weighted by atomic mass is 16.6. The number of nitrogens with one attached hydrogen (secondary N) is 1. The third-order valence-electron chi connectivity index (χ3n) is 5.40. The molecule has 0 bridgehead atoms. The van der Waals surface area contributed by atoms with Gasteiger partial charge in [0.25, 0.3) is 5.91 Å². The number of pyridine rings is 1. The predicted octanol–water partition coefficient (Wildman–Crippen LogP) is 3.40. The minimum atomic E-state index is 0.0636. The molecule has 1 N–H and O–H groups in total. The number of carbonyl (C=O) groups excluding carboxylic acids is 1. The number of nitrogens with zero attached hydrogens (tertiary/aromatic N) is 2. The van der Waals surface area contributed by atoms with Crippen LogP contribution in [-0.2, 0) is 0 Å². The molecule has 3 aliphatic rings. The Balaban J connectivity index is 1.38. The normalized spacial score (nSPS) is 21.2. The highest BCUT2D eigenvalue weighted by Gasteiger charge is 2.32. The van der Waals surface area contributed by atoms with E-state index in [1.165, 1.54) is 12.8 Å². The molecule has 27 heavy (non-hydrogen) atoms. The molecule has 1 saturated carbocycles. The first-order chi connectivity index (χ1) is 13.3. The first-order valence-electron chi connectivity index (χ1n) is 9.71. The fraction of sp³-hybridized carbons (Fsp3) is 0.429. The van der Waals surface area contributed by atoms with E-state index in [2.05, 4.69) is 16.4 Å². The van der Waals surface area contributed by atoms with Crippen molar-refractivity contribution in [1.29, 1.82) is 0 Å². The number of fused-ring (bicyclic) bond motifs is 1. The van der Waals surface area contributed by atoms with Gasteiger partial charge in [0.15, 0.2) is 11.5 Å². The van der Waals surface area contributed by atoms with Gasteiger partial charge in [0, 0.05) is 24.3 Å². The molecule has 1 aromatic heterocycles. The Hall–Kier alpha value is -2.76. The standard InChI is InChI=1S/C21H23N3O3/c25-21(15-7-8-22-20(13-15)23-16-4-5-16)24-9-1-2-17(24)14-3-6-18-19(12-14)27-11-10-26-18/h3,6-8,12-13,16-17H,1-2,4-5,9-11H2,(H,22,23). The van der Waals surface area contributed by atoms with Crippen LogP contribution in [-0.4, -0.2) is 41.6 Å². The van der Waals surface area contributed by atoms with Crippen molar-refractivity contribution in [3.05, 3.63) is 47.7 Å². The van der Waals surface area contributed by atoms with Crippen LogP contribution in [0.5, 0.6) is 11.5 Å². The third-order valence-corrected chi connectivity index (χ3v) is 5.40. The zero-order valence-electron chi connectivity index (χ0n) is 15.2. The van der Waals surface area contributed by atoms with E-state index in [-0.39, 0.29) is 11.9 Å². The number of rotatable bonds is 4. The highest BCUT2D eigenvalue weighted by molar-refractivity contribution is 5.95. The van der Waals surface area contributed by atoms with E-state index in [9.17, 15) is 4.79 Å². The van der Waals surface area contributed by atoms with Crippen LogP contribution in [0.3, 0.4) is 0 Å². The lowest BCUT2D eigenvalue weighted by Gasteiger charge is -2.27. The van der Waals surface area contributed by atoms with Crippen molar-refractivity contribution >= 4 is 11.7 Å². The molecule has 140 valence electrons. The number of likely N-dealkylation sites (tertiary alicyclic amines) is 1. The summed E-state index contributed by atoms with van der Waals surface area (Å²) in [4.78, 5) is 19.5. The van der Waals surface area contributed by atoms with Crippen molar-refractivity contribution in [3.8, 4) is 11.5 Å². The molecular formula is C21H23N3O3. The first kappa shape index (κ1) is 16.4. The Labute approximate surface area is 158 Å². The van der Waals surface area contributed by atoms with Crippen LogP contribution < -0.4 is 14.8 Å². The van der Waals surface area contributed by atoms with Crippen LogP contribution in [0, 0.1) is 0 Å². The van der Waals surface area contributed by atoms with Crippen LogP contribution in [0.1, 0.15) is 47.6 Å². The molecule has 2 aliphatic heterocycles. The summed E-state index contributed by atoms with van der Waals surface area (Å²) in [6, 6.07) is 10.3. The second kappa shape index (κ2) is 6.76. The van der Waals surface area contributed by atoms with E-state index < -0.39 is 0 Å². The monoisotopic (exact) mass is 365 g/mol. The summed E-state index contributed by atoms with van der Waals surface area (Å²) >= 11 is 0. The van der Waals surface area contributed by atoms with Crippen LogP contribution in [0.15, 0.2) is 36.5 Å². The predicted molar refractivity (Wildman–Crippen MR) is 101 cm³/mol. The molecule has 0 radical (unpaired) electrons. The van der Waals surface area contributed by atoms with Gasteiger partial charge in [-0.25, -0.2) is 4.98 Å². The first-order valence-corrected chi connectivity index (χ1v) is 9.71. The van der Waals surface area contributed by atoms with Gasteiger partial charge < -0.3 is 19.7 Å². The molecular weight excluding hydrogens is 342 g/mol. The van der Waals surface area contributed by atoms with E-state index in [1.807, 2.05) is 23.1 Å². The highest BCUT2D eigenvalue weighted by Crippen LogP contribution is 2.38. The zero-order chi connectivity index (χ0) is 18.2. The average Bonchev–Trinajstić information content (AvgIpc) is 3.39. The van der Waals surface area contributed by atoms with Gasteiger partial charge in [-0.1, -0.05) is 6.07 Å². The van der Waals surface area contributed by atoms with Gasteiger partial charge in [-0.3, -0.25) is 4.79 Å². The Kier molecular flexibility index (Phi) is 4.11. The van der Waals surface area contributed by atoms with Crippen LogP contribution >= 0.6 is 0 Å². The quantitative estimate of drug-likeness (QED) is 0.900. The second-order valence-corrected chi connectivity index (χ2v) is 7.41. The molecule has 1 amide bonds. The lowest BCUT2D eigenvalue weighted by atomic mass is 10.0. The number of amides is 1. The van der Waals surface area contributed by atoms with Crippen LogP contribution in [0.25, 0.3) is 0 Å². The zero-order valence-corrected chi connectivity index (χ0v) is 15.2. The lowest BCUT2D eigenvalue weighted by molar-refractivity contribution is 0.0735. The summed E-state index contributed by atoms with van der Waals surface area (Å²) in [5.41, 5.74) is 1.80. The van der Waals surface area contributed by atoms with Crippen LogP contribution in [0.2, 0.25) is 0 Å². The van der Waals surface area contributed by atoms with Crippen molar-refractivity contribution < 1.29 is 14.3 Å². The number of aromatic nitrogens is 1. The smallest absolute Gasteiger partial charge is 0.254 e. The third kappa shape index (κ3) is 3.31. The van der Waals surface area contributed by atoms with Crippen molar-refractivity contribution in [2.45, 2.75) is 37.8 Å². The number of hydrogen-bond donors (Lipinski definition) is 1. The molecule has 2 aromatic rings. The molecule has 6 heteroatoms. The second-order valence-electron chi connectivity index (χ2n) is 7.41. The topological polar surface area (TPSA) is 63.7 Å². The molecule has 2 fully saturated rings. The summed E-state index contributed by atoms with van der Waals surface area (Å²) in [6.07, 6.45) is 6.04. The molecule has 0 spiro atoms. The van der Waals surface area contributed by atoms with E-state index in [0.717, 1.165) is 42.3 Å². The number of anilines is 1. The molecule has 1 atom stereocenters. The van der Waals surface area contributed by atoms with Gasteiger partial charge in [0.1, 0.15) is 19.0 Å². The fourth-order valence-corrected chi connectivity index (χ4v) is 3.87. The number of hydrogen-bond acceptors (Lipinski definition) is 5. The van der Waals surface area contributed by atoms with Crippen molar-refractivity contribution in [2.24, 2.45) is 0 Å². The molecule has 3 heterocycles. The van der Waals surface area contributed by atoms with Crippen molar-refractivity contribution in [1.82, 2.24) is 9.88 Å². The Morgan fingerprint density at radius 2 is 1.93 bits per heavy atom. The van der Waals surface area contributed by atoms with Gasteiger partial charge in [-0.2, -0.15) is 0 Å². The van der Waals surface area contributed by atoms with Gasteiger partial charge in [0.2, 0.25) is 0 Å². The Morgan fingerprint density at radius 1 is 1.07 bits per heavy atom. The Bertz CT molecular complexity index is 866. The lowest BCUT2D eigenvalue weighted by Crippen LogP contribution is -2.30. The van der Waals surface area contributed by atoms with E-state index in [1.54, 1.807) is 12.3 Å². The molecule has 5 rings (SSSR count). The molecule has 6 nitrogen and oxygen atoms in total. The summed E-state index contributed by atoms with van der Waals surface area (Å²) in [7, 11) is 0. The fourth-order valence-electron chi connectivity index (χ4n) is 3.87. The molecule has 1 unspecified atom stereocenters. The van der Waals surface area contributed by atoms with Crippen molar-refractivity contribution in [3.63, 3.8) is 0 Å². The summed E-state index contributed by atoms with van der Waals surface area (Å²) in [5, 5.41) is 3.37. The van der Waals surface area contributed by atoms with Gasteiger partial charge in [-0.15, -0.1) is 0 Å². The van der Waals surface area contributed by atoms with E-state index in [0.29, 0.717) is 24.8 Å². The maximum Gasteiger partial charge on any atom is 0.254 e. The van der Waals surface area contributed by atoms with Crippen molar-refractivity contribution in [2.75, 3.05) is 25.1 Å². The number of ether oxygens (including phenoxy) is 2. The van der Waals surface area contributed by atoms with Gasteiger partial charge in [-0.05, 0) is 55.5 Å². The maximum atomic E-state index is 13.2. The van der Waals surface area contributed by atoms with E-state index >= 15 is 0 Å².